The van der Waals surface area contributed by atoms with Crippen LogP contribution in [0.1, 0.15) is 11.6 Å². The normalized spacial score (nSPS) is 11.1. The zero-order chi connectivity index (χ0) is 10.4. The SMILES string of the molecule is [N-]=[N+]=NC(C=[N+]([O-])[O-])c1ccccc1. The number of hydrogen-bond acceptors (Lipinski definition) is 3. The second kappa shape index (κ2) is 4.74. The molecule has 1 rings (SSSR count). The molecule has 1 atom stereocenters. The smallest absolute Gasteiger partial charge is 0.176 e. The molecule has 6 nitrogen and oxygen atoms in total. The summed E-state index contributed by atoms with van der Waals surface area (Å²) in [6, 6.07) is 7.71. The molecule has 0 N–H and O–H groups in total. The first-order chi connectivity index (χ1) is 6.74. The topological polar surface area (TPSA) is 97.9 Å². The minimum absolute atomic E-state index is 0.599. The maximum absolute atomic E-state index is 10.2. The van der Waals surface area contributed by atoms with Gasteiger partial charge in [0, 0.05) is 4.91 Å². The Labute approximate surface area is 79.9 Å². The average molecular weight is 191 g/mol. The first kappa shape index (κ1) is 9.88. The molecule has 0 heterocycles. The lowest BCUT2D eigenvalue weighted by Crippen LogP contribution is -2.03. The van der Waals surface area contributed by atoms with Gasteiger partial charge in [0.05, 0.1) is 0 Å². The van der Waals surface area contributed by atoms with E-state index in [-0.39, 0.29) is 0 Å². The Balaban J connectivity index is 3.01. The Morgan fingerprint density at radius 2 is 2.00 bits per heavy atom. The largest absolute Gasteiger partial charge is 0.613 e. The van der Waals surface area contributed by atoms with E-state index >= 15 is 0 Å². The molecule has 14 heavy (non-hydrogen) atoms. The van der Waals surface area contributed by atoms with Gasteiger partial charge in [-0.25, -0.2) is 0 Å². The Kier molecular flexibility index (Phi) is 3.34. The molecule has 0 radical (unpaired) electrons. The fourth-order valence-electron chi connectivity index (χ4n) is 1.00. The molecule has 6 heteroatoms. The van der Waals surface area contributed by atoms with E-state index < -0.39 is 10.9 Å². The minimum Gasteiger partial charge on any atom is -0.613 e. The summed E-state index contributed by atoms with van der Waals surface area (Å²) in [5, 5.41) is 23.8. The molecular formula is C8H7N4O2-. The van der Waals surface area contributed by atoms with Crippen LogP contribution in [0.25, 0.3) is 10.4 Å². The van der Waals surface area contributed by atoms with Crippen LogP contribution in [0.15, 0.2) is 35.4 Å². The third-order valence-electron chi connectivity index (χ3n) is 1.58. The van der Waals surface area contributed by atoms with Crippen LogP contribution in [0.2, 0.25) is 0 Å². The van der Waals surface area contributed by atoms with Gasteiger partial charge in [-0.3, -0.25) is 0 Å². The summed E-state index contributed by atoms with van der Waals surface area (Å²) in [7, 11) is 0. The lowest BCUT2D eigenvalue weighted by molar-refractivity contribution is -0.375. The quantitative estimate of drug-likeness (QED) is 0.182. The van der Waals surface area contributed by atoms with E-state index in [9.17, 15) is 10.4 Å². The second-order valence-electron chi connectivity index (χ2n) is 2.49. The molecule has 1 aromatic carbocycles. The van der Waals surface area contributed by atoms with Crippen molar-refractivity contribution in [1.82, 2.24) is 0 Å². The molecule has 0 bridgehead atoms. The van der Waals surface area contributed by atoms with Gasteiger partial charge in [0.1, 0.15) is 6.04 Å². The molecule has 72 valence electrons. The lowest BCUT2D eigenvalue weighted by atomic mass is 10.1. The van der Waals surface area contributed by atoms with Gasteiger partial charge in [-0.05, 0) is 11.1 Å². The number of azide groups is 1. The van der Waals surface area contributed by atoms with E-state index in [1.54, 1.807) is 30.3 Å². The molecule has 0 aliphatic carbocycles. The predicted molar refractivity (Wildman–Crippen MR) is 51.4 cm³/mol. The van der Waals surface area contributed by atoms with Crippen LogP contribution in [0, 0.1) is 10.4 Å². The first-order valence-corrected chi connectivity index (χ1v) is 3.81. The van der Waals surface area contributed by atoms with Crippen LogP contribution < -0.4 is 0 Å². The Morgan fingerprint density at radius 1 is 1.36 bits per heavy atom. The van der Waals surface area contributed by atoms with Crippen LogP contribution in [0.4, 0.5) is 0 Å². The van der Waals surface area contributed by atoms with Gasteiger partial charge in [-0.15, -0.1) is 0 Å². The van der Waals surface area contributed by atoms with Gasteiger partial charge in [0.25, 0.3) is 0 Å². The van der Waals surface area contributed by atoms with Crippen molar-refractivity contribution in [2.24, 2.45) is 5.11 Å². The average Bonchev–Trinajstić information content (AvgIpc) is 2.18. The summed E-state index contributed by atoms with van der Waals surface area (Å²) in [4.78, 5) is 1.94. The van der Waals surface area contributed by atoms with Crippen LogP contribution in [0.5, 0.6) is 0 Å². The third kappa shape index (κ3) is 2.69. The third-order valence-corrected chi connectivity index (χ3v) is 1.58. The number of hydrogen-bond donors (Lipinski definition) is 0. The summed E-state index contributed by atoms with van der Waals surface area (Å²) < 4.78 is 0. The molecule has 0 aliphatic heterocycles. The van der Waals surface area contributed by atoms with Crippen molar-refractivity contribution < 1.29 is 4.90 Å². The monoisotopic (exact) mass is 191 g/mol. The van der Waals surface area contributed by atoms with Gasteiger partial charge < -0.3 is 10.4 Å². The molecule has 0 aliphatic rings. The summed E-state index contributed by atoms with van der Waals surface area (Å²) in [5.74, 6) is 0. The molecule has 0 amide bonds. The zero-order valence-corrected chi connectivity index (χ0v) is 7.15. The fourth-order valence-corrected chi connectivity index (χ4v) is 1.00. The molecule has 1 unspecified atom stereocenters. The summed E-state index contributed by atoms with van der Waals surface area (Å²) >= 11 is 0. The van der Waals surface area contributed by atoms with Crippen molar-refractivity contribution in [2.45, 2.75) is 6.04 Å². The van der Waals surface area contributed by atoms with E-state index in [2.05, 4.69) is 10.0 Å². The van der Waals surface area contributed by atoms with E-state index in [1.807, 2.05) is 0 Å². The molecule has 0 saturated carbocycles. The van der Waals surface area contributed by atoms with Gasteiger partial charge in [-0.1, -0.05) is 35.4 Å². The molecule has 0 spiro atoms. The van der Waals surface area contributed by atoms with Crippen molar-refractivity contribution in [2.75, 3.05) is 0 Å². The van der Waals surface area contributed by atoms with Crippen molar-refractivity contribution >= 4 is 6.21 Å². The minimum atomic E-state index is -0.851. The number of benzene rings is 1. The molecule has 0 aromatic heterocycles. The summed E-state index contributed by atoms with van der Waals surface area (Å²) in [5.41, 5.74) is 8.83. The standard InChI is InChI=1S/C8H7N4O2/c9-11-10-8(6-12(13)14)7-4-2-1-3-5-7/h1-6,8H/q-1. The second-order valence-corrected chi connectivity index (χ2v) is 2.49. The van der Waals surface area contributed by atoms with Gasteiger partial charge in [0.15, 0.2) is 6.21 Å². The van der Waals surface area contributed by atoms with E-state index in [1.165, 1.54) is 0 Å². The molecular weight excluding hydrogens is 184 g/mol. The highest BCUT2D eigenvalue weighted by Crippen LogP contribution is 2.14. The fraction of sp³-hybridized carbons (Fsp3) is 0.125. The van der Waals surface area contributed by atoms with E-state index in [4.69, 9.17) is 5.53 Å². The zero-order valence-electron chi connectivity index (χ0n) is 7.15. The highest BCUT2D eigenvalue weighted by molar-refractivity contribution is 5.63. The van der Waals surface area contributed by atoms with Crippen molar-refractivity contribution in [3.05, 3.63) is 56.8 Å². The maximum atomic E-state index is 10.2. The Morgan fingerprint density at radius 3 is 2.50 bits per heavy atom. The van der Waals surface area contributed by atoms with Crippen LogP contribution in [-0.4, -0.2) is 11.1 Å². The highest BCUT2D eigenvalue weighted by Gasteiger charge is 2.08. The first-order valence-electron chi connectivity index (χ1n) is 3.81. The lowest BCUT2D eigenvalue weighted by Gasteiger charge is -2.07. The maximum Gasteiger partial charge on any atom is 0.176 e. The van der Waals surface area contributed by atoms with E-state index in [0.29, 0.717) is 5.56 Å². The number of rotatable bonds is 3. The summed E-state index contributed by atoms with van der Waals surface area (Å²) in [6.45, 7) is 0. The Hall–Kier alpha value is -2.20. The van der Waals surface area contributed by atoms with E-state index in [0.717, 1.165) is 6.21 Å². The predicted octanol–water partition coefficient (Wildman–Crippen LogP) is 2.12. The van der Waals surface area contributed by atoms with Crippen LogP contribution in [-0.2, 0) is 0 Å². The highest BCUT2D eigenvalue weighted by atomic mass is 16.8. The van der Waals surface area contributed by atoms with Crippen LogP contribution in [0.3, 0.4) is 0 Å². The molecule has 1 aromatic rings. The van der Waals surface area contributed by atoms with Gasteiger partial charge in [0.2, 0.25) is 0 Å². The molecule has 0 saturated heterocycles. The van der Waals surface area contributed by atoms with Crippen LogP contribution >= 0.6 is 0 Å². The van der Waals surface area contributed by atoms with Gasteiger partial charge in [-0.2, -0.15) is 4.90 Å². The van der Waals surface area contributed by atoms with Crippen molar-refractivity contribution in [1.29, 1.82) is 0 Å². The summed E-state index contributed by atoms with van der Waals surface area (Å²) in [6.07, 6.45) is 0.759. The number of nitrogens with zero attached hydrogens (tertiary/aromatic N) is 4. The Bertz CT molecular complexity index is 366. The van der Waals surface area contributed by atoms with Crippen molar-refractivity contribution in [3.63, 3.8) is 0 Å². The van der Waals surface area contributed by atoms with Gasteiger partial charge >= 0.3 is 0 Å². The van der Waals surface area contributed by atoms with Crippen molar-refractivity contribution in [3.8, 4) is 0 Å². The molecule has 0 fully saturated rings.